The SMILES string of the molecule is C[C@@H](c1c[nH]c(=O)c2c(F)c(F)ccc12)N(C)C(=O)NCc1cccc(F)c1. The van der Waals surface area contributed by atoms with E-state index in [0.29, 0.717) is 11.1 Å². The van der Waals surface area contributed by atoms with Crippen LogP contribution in [0.5, 0.6) is 0 Å². The number of nitrogens with zero attached hydrogens (tertiary/aromatic N) is 1. The Balaban J connectivity index is 1.84. The first kappa shape index (κ1) is 19.5. The lowest BCUT2D eigenvalue weighted by molar-refractivity contribution is 0.194. The summed E-state index contributed by atoms with van der Waals surface area (Å²) >= 11 is 0. The number of aromatic amines is 1. The van der Waals surface area contributed by atoms with E-state index in [0.717, 1.165) is 6.07 Å². The van der Waals surface area contributed by atoms with Crippen LogP contribution in [0.15, 0.2) is 47.4 Å². The van der Waals surface area contributed by atoms with Gasteiger partial charge < -0.3 is 15.2 Å². The highest BCUT2D eigenvalue weighted by atomic mass is 19.2. The van der Waals surface area contributed by atoms with Crippen molar-refractivity contribution in [1.29, 1.82) is 0 Å². The van der Waals surface area contributed by atoms with Gasteiger partial charge in [-0.05, 0) is 41.6 Å². The summed E-state index contributed by atoms with van der Waals surface area (Å²) in [6.07, 6.45) is 1.38. The van der Waals surface area contributed by atoms with Crippen LogP contribution in [0.25, 0.3) is 10.8 Å². The lowest BCUT2D eigenvalue weighted by Gasteiger charge is -2.26. The molecule has 1 aromatic heterocycles. The summed E-state index contributed by atoms with van der Waals surface area (Å²) in [5.41, 5.74) is 0.305. The first-order valence-corrected chi connectivity index (χ1v) is 8.54. The number of halogens is 3. The summed E-state index contributed by atoms with van der Waals surface area (Å²) < 4.78 is 40.8. The van der Waals surface area contributed by atoms with Crippen LogP contribution in [0.3, 0.4) is 0 Å². The molecule has 1 atom stereocenters. The van der Waals surface area contributed by atoms with Crippen LogP contribution >= 0.6 is 0 Å². The molecule has 0 radical (unpaired) electrons. The van der Waals surface area contributed by atoms with E-state index in [4.69, 9.17) is 0 Å². The van der Waals surface area contributed by atoms with Crippen molar-refractivity contribution >= 4 is 16.8 Å². The molecular formula is C20H18F3N3O2. The molecule has 8 heteroatoms. The summed E-state index contributed by atoms with van der Waals surface area (Å²) in [5, 5.41) is 2.50. The minimum Gasteiger partial charge on any atom is -0.334 e. The Labute approximate surface area is 158 Å². The zero-order chi connectivity index (χ0) is 20.4. The van der Waals surface area contributed by atoms with E-state index in [2.05, 4.69) is 10.3 Å². The summed E-state index contributed by atoms with van der Waals surface area (Å²) in [6, 6.07) is 7.10. The van der Waals surface area contributed by atoms with Crippen LogP contribution in [0, 0.1) is 17.5 Å². The lowest BCUT2D eigenvalue weighted by Crippen LogP contribution is -2.38. The molecular weight excluding hydrogens is 371 g/mol. The van der Waals surface area contributed by atoms with E-state index >= 15 is 0 Å². The summed E-state index contributed by atoms with van der Waals surface area (Å²) in [4.78, 5) is 28.1. The number of hydrogen-bond donors (Lipinski definition) is 2. The number of carbonyl (C=O) groups is 1. The fourth-order valence-corrected chi connectivity index (χ4v) is 2.99. The Morgan fingerprint density at radius 1 is 1.21 bits per heavy atom. The number of nitrogens with one attached hydrogen (secondary N) is 2. The third-order valence-corrected chi connectivity index (χ3v) is 4.68. The van der Waals surface area contributed by atoms with E-state index in [1.54, 1.807) is 19.1 Å². The second-order valence-corrected chi connectivity index (χ2v) is 6.43. The summed E-state index contributed by atoms with van der Waals surface area (Å²) in [7, 11) is 1.53. The average Bonchev–Trinajstić information content (AvgIpc) is 2.68. The van der Waals surface area contributed by atoms with Gasteiger partial charge in [-0.1, -0.05) is 18.2 Å². The number of hydrogen-bond acceptors (Lipinski definition) is 2. The van der Waals surface area contributed by atoms with Crippen LogP contribution in [-0.4, -0.2) is 23.0 Å². The molecule has 3 aromatic rings. The second-order valence-electron chi connectivity index (χ2n) is 6.43. The number of carbonyl (C=O) groups excluding carboxylic acids is 1. The van der Waals surface area contributed by atoms with Gasteiger partial charge in [-0.15, -0.1) is 0 Å². The molecule has 0 aliphatic heterocycles. The third kappa shape index (κ3) is 3.71. The van der Waals surface area contributed by atoms with Crippen molar-refractivity contribution in [3.8, 4) is 0 Å². The molecule has 0 saturated carbocycles. The molecule has 2 N–H and O–H groups in total. The van der Waals surface area contributed by atoms with Gasteiger partial charge in [-0.25, -0.2) is 18.0 Å². The van der Waals surface area contributed by atoms with Crippen molar-refractivity contribution in [1.82, 2.24) is 15.2 Å². The van der Waals surface area contributed by atoms with Crippen LogP contribution in [-0.2, 0) is 6.54 Å². The average molecular weight is 389 g/mol. The predicted octanol–water partition coefficient (Wildman–Crippen LogP) is 3.85. The molecule has 2 amide bonds. The summed E-state index contributed by atoms with van der Waals surface area (Å²) in [6.45, 7) is 1.82. The highest BCUT2D eigenvalue weighted by Gasteiger charge is 2.22. The maximum atomic E-state index is 14.1. The number of pyridine rings is 1. The molecule has 0 fully saturated rings. The van der Waals surface area contributed by atoms with E-state index < -0.39 is 40.5 Å². The number of urea groups is 1. The first-order valence-electron chi connectivity index (χ1n) is 8.54. The smallest absolute Gasteiger partial charge is 0.317 e. The maximum Gasteiger partial charge on any atom is 0.317 e. The molecule has 0 bridgehead atoms. The van der Waals surface area contributed by atoms with Crippen molar-refractivity contribution in [3.05, 3.63) is 81.5 Å². The van der Waals surface area contributed by atoms with Gasteiger partial charge in [0.05, 0.1) is 11.4 Å². The Hall–Kier alpha value is -3.29. The molecule has 3 rings (SSSR count). The number of amides is 2. The molecule has 0 spiro atoms. The third-order valence-electron chi connectivity index (χ3n) is 4.68. The van der Waals surface area contributed by atoms with Gasteiger partial charge in [0.15, 0.2) is 11.6 Å². The maximum absolute atomic E-state index is 14.1. The highest BCUT2D eigenvalue weighted by Crippen LogP contribution is 2.27. The van der Waals surface area contributed by atoms with Crippen LogP contribution in [0.1, 0.15) is 24.1 Å². The molecule has 28 heavy (non-hydrogen) atoms. The van der Waals surface area contributed by atoms with Crippen molar-refractivity contribution in [2.24, 2.45) is 0 Å². The number of aromatic nitrogens is 1. The van der Waals surface area contributed by atoms with Gasteiger partial charge >= 0.3 is 6.03 Å². The first-order chi connectivity index (χ1) is 13.3. The van der Waals surface area contributed by atoms with Gasteiger partial charge in [0.25, 0.3) is 5.56 Å². The largest absolute Gasteiger partial charge is 0.334 e. The molecule has 5 nitrogen and oxygen atoms in total. The summed E-state index contributed by atoms with van der Waals surface area (Å²) in [5.74, 6) is -2.75. The Morgan fingerprint density at radius 3 is 2.68 bits per heavy atom. The minimum absolute atomic E-state index is 0.125. The fourth-order valence-electron chi connectivity index (χ4n) is 2.99. The lowest BCUT2D eigenvalue weighted by atomic mass is 10.0. The molecule has 146 valence electrons. The molecule has 0 aliphatic rings. The van der Waals surface area contributed by atoms with Gasteiger partial charge in [-0.2, -0.15) is 0 Å². The van der Waals surface area contributed by atoms with Gasteiger partial charge in [-0.3, -0.25) is 4.79 Å². The van der Waals surface area contributed by atoms with Gasteiger partial charge in [0.2, 0.25) is 0 Å². The standard InChI is InChI=1S/C20H18F3N3O2/c1-11(26(2)20(28)25-9-12-4-3-5-13(21)8-12)15-10-24-19(27)17-14(15)6-7-16(22)18(17)23/h3-8,10-11H,9H2,1-2H3,(H,24,27)(H,25,28)/t11-/m0/s1. The van der Waals surface area contributed by atoms with E-state index in [1.807, 2.05) is 0 Å². The van der Waals surface area contributed by atoms with Crippen molar-refractivity contribution in [3.63, 3.8) is 0 Å². The van der Waals surface area contributed by atoms with Gasteiger partial charge in [0.1, 0.15) is 5.82 Å². The molecule has 1 heterocycles. The molecule has 2 aromatic carbocycles. The van der Waals surface area contributed by atoms with Crippen LogP contribution in [0.2, 0.25) is 0 Å². The fraction of sp³-hybridized carbons (Fsp3) is 0.200. The Bertz CT molecular complexity index is 1100. The van der Waals surface area contributed by atoms with Crippen LogP contribution < -0.4 is 10.9 Å². The Kier molecular flexibility index (Phi) is 5.39. The predicted molar refractivity (Wildman–Crippen MR) is 99.3 cm³/mol. The van der Waals surface area contributed by atoms with Crippen molar-refractivity contribution in [2.45, 2.75) is 19.5 Å². The quantitative estimate of drug-likeness (QED) is 0.712. The zero-order valence-electron chi connectivity index (χ0n) is 15.2. The monoisotopic (exact) mass is 389 g/mol. The number of rotatable bonds is 4. The van der Waals surface area contributed by atoms with E-state index in [9.17, 15) is 22.8 Å². The molecule has 0 aliphatic carbocycles. The van der Waals surface area contributed by atoms with E-state index in [-0.39, 0.29) is 11.9 Å². The van der Waals surface area contributed by atoms with Crippen molar-refractivity contribution < 1.29 is 18.0 Å². The number of fused-ring (bicyclic) bond motifs is 1. The minimum atomic E-state index is -1.23. The molecule has 0 saturated heterocycles. The normalized spacial score (nSPS) is 12.0. The second kappa shape index (κ2) is 7.75. The Morgan fingerprint density at radius 2 is 1.96 bits per heavy atom. The van der Waals surface area contributed by atoms with Crippen LogP contribution in [0.4, 0.5) is 18.0 Å². The number of benzene rings is 2. The zero-order valence-corrected chi connectivity index (χ0v) is 15.2. The highest BCUT2D eigenvalue weighted by molar-refractivity contribution is 5.86. The number of H-pyrrole nitrogens is 1. The van der Waals surface area contributed by atoms with Gasteiger partial charge in [0, 0.05) is 19.8 Å². The van der Waals surface area contributed by atoms with Crippen molar-refractivity contribution in [2.75, 3.05) is 7.05 Å². The van der Waals surface area contributed by atoms with E-state index in [1.165, 1.54) is 36.3 Å². The molecule has 0 unspecified atom stereocenters. The topological polar surface area (TPSA) is 65.2 Å².